The second kappa shape index (κ2) is 9.17. The van der Waals surface area contributed by atoms with E-state index in [2.05, 4.69) is 4.74 Å². The Labute approximate surface area is 170 Å². The molecule has 3 rings (SSSR count). The summed E-state index contributed by atoms with van der Waals surface area (Å²) in [5, 5.41) is 0.258. The summed E-state index contributed by atoms with van der Waals surface area (Å²) in [5.74, 6) is -1.46. The van der Waals surface area contributed by atoms with Gasteiger partial charge in [0.25, 0.3) is 5.91 Å². The van der Waals surface area contributed by atoms with Gasteiger partial charge in [-0.1, -0.05) is 29.8 Å². The fourth-order valence-corrected chi connectivity index (χ4v) is 3.30. The van der Waals surface area contributed by atoms with Crippen LogP contribution in [-0.2, 0) is 11.2 Å². The average molecular weight is 427 g/mol. The summed E-state index contributed by atoms with van der Waals surface area (Å²) in [6, 6.07) is 9.88. The van der Waals surface area contributed by atoms with Crippen molar-refractivity contribution in [2.24, 2.45) is 0 Å². The van der Waals surface area contributed by atoms with Crippen LogP contribution in [0.2, 0.25) is 5.02 Å². The minimum Gasteiger partial charge on any atom is -0.435 e. The predicted molar refractivity (Wildman–Crippen MR) is 101 cm³/mol. The minimum absolute atomic E-state index is 0.0407. The lowest BCUT2D eigenvalue weighted by molar-refractivity contribution is -0.132. The van der Waals surface area contributed by atoms with Gasteiger partial charge in [-0.3, -0.25) is 9.59 Å². The number of hydrogen-bond donors (Lipinski definition) is 0. The van der Waals surface area contributed by atoms with Crippen LogP contribution in [0, 0.1) is 5.82 Å². The lowest BCUT2D eigenvalue weighted by Gasteiger charge is -2.35. The van der Waals surface area contributed by atoms with E-state index in [0.29, 0.717) is 5.56 Å². The molecule has 0 aliphatic carbocycles. The first kappa shape index (κ1) is 21.0. The number of nitrogens with zero attached hydrogens (tertiary/aromatic N) is 2. The van der Waals surface area contributed by atoms with Gasteiger partial charge in [-0.2, -0.15) is 8.78 Å². The molecule has 1 saturated heterocycles. The molecule has 0 radical (unpaired) electrons. The standard InChI is InChI=1S/C20H18ClF3N2O3/c21-14-5-6-16(22)15(12-14)19(28)26-9-7-25(8-10-26)18(27)11-13-3-1-2-4-17(13)29-20(23)24/h1-6,12,20H,7-11H2. The zero-order valence-corrected chi connectivity index (χ0v) is 16.0. The molecule has 2 aromatic rings. The van der Waals surface area contributed by atoms with Crippen molar-refractivity contribution >= 4 is 23.4 Å². The molecule has 1 aliphatic rings. The van der Waals surface area contributed by atoms with Gasteiger partial charge in [0.05, 0.1) is 12.0 Å². The Bertz CT molecular complexity index is 902. The Morgan fingerprint density at radius 1 is 1.03 bits per heavy atom. The van der Waals surface area contributed by atoms with E-state index in [1.165, 1.54) is 28.0 Å². The molecule has 1 fully saturated rings. The SMILES string of the molecule is O=C(Cc1ccccc1OC(F)F)N1CCN(C(=O)c2cc(Cl)ccc2F)CC1. The van der Waals surface area contributed by atoms with Gasteiger partial charge in [0.15, 0.2) is 0 Å². The second-order valence-electron chi connectivity index (χ2n) is 6.46. The molecule has 0 saturated carbocycles. The van der Waals surface area contributed by atoms with Gasteiger partial charge in [0.1, 0.15) is 11.6 Å². The molecule has 29 heavy (non-hydrogen) atoms. The van der Waals surface area contributed by atoms with Gasteiger partial charge in [-0.15, -0.1) is 0 Å². The van der Waals surface area contributed by atoms with Crippen LogP contribution in [0.5, 0.6) is 5.75 Å². The van der Waals surface area contributed by atoms with Crippen molar-refractivity contribution in [1.29, 1.82) is 0 Å². The van der Waals surface area contributed by atoms with Crippen LogP contribution in [0.4, 0.5) is 13.2 Å². The molecule has 1 aliphatic heterocycles. The van der Waals surface area contributed by atoms with Gasteiger partial charge in [0, 0.05) is 36.8 Å². The minimum atomic E-state index is -2.98. The highest BCUT2D eigenvalue weighted by atomic mass is 35.5. The van der Waals surface area contributed by atoms with Crippen molar-refractivity contribution in [2.45, 2.75) is 13.0 Å². The second-order valence-corrected chi connectivity index (χ2v) is 6.90. The number of halogens is 4. The molecular formula is C20H18ClF3N2O3. The molecule has 1 heterocycles. The van der Waals surface area contributed by atoms with E-state index < -0.39 is 18.3 Å². The number of rotatable bonds is 5. The Morgan fingerprint density at radius 2 is 1.69 bits per heavy atom. The number of amides is 2. The van der Waals surface area contributed by atoms with Crippen LogP contribution >= 0.6 is 11.6 Å². The number of benzene rings is 2. The van der Waals surface area contributed by atoms with Crippen LogP contribution in [0.15, 0.2) is 42.5 Å². The number of para-hydroxylation sites is 1. The van der Waals surface area contributed by atoms with Crippen LogP contribution < -0.4 is 4.74 Å². The van der Waals surface area contributed by atoms with Crippen LogP contribution in [0.3, 0.4) is 0 Å². The third-order valence-corrected chi connectivity index (χ3v) is 4.84. The molecule has 154 valence electrons. The van der Waals surface area contributed by atoms with Crippen LogP contribution in [0.25, 0.3) is 0 Å². The first-order chi connectivity index (χ1) is 13.8. The van der Waals surface area contributed by atoms with Gasteiger partial charge in [0.2, 0.25) is 5.91 Å². The summed E-state index contributed by atoms with van der Waals surface area (Å²) in [6.45, 7) is -2.01. The molecule has 0 spiro atoms. The van der Waals surface area contributed by atoms with Gasteiger partial charge in [-0.05, 0) is 24.3 Å². The van der Waals surface area contributed by atoms with Crippen molar-refractivity contribution in [3.05, 3.63) is 64.4 Å². The van der Waals surface area contributed by atoms with Crippen molar-refractivity contribution in [1.82, 2.24) is 9.80 Å². The van der Waals surface area contributed by atoms with E-state index in [0.717, 1.165) is 6.07 Å². The van der Waals surface area contributed by atoms with E-state index in [1.807, 2.05) is 0 Å². The van der Waals surface area contributed by atoms with Crippen molar-refractivity contribution in [3.63, 3.8) is 0 Å². The highest BCUT2D eigenvalue weighted by Crippen LogP contribution is 2.22. The summed E-state index contributed by atoms with van der Waals surface area (Å²) in [7, 11) is 0. The van der Waals surface area contributed by atoms with Crippen LogP contribution in [-0.4, -0.2) is 54.4 Å². The fraction of sp³-hybridized carbons (Fsp3) is 0.300. The maximum atomic E-state index is 13.9. The van der Waals surface area contributed by atoms with E-state index in [4.69, 9.17) is 11.6 Å². The molecule has 5 nitrogen and oxygen atoms in total. The Hall–Kier alpha value is -2.74. The zero-order valence-electron chi connectivity index (χ0n) is 15.3. The summed E-state index contributed by atoms with van der Waals surface area (Å²) in [5.41, 5.74) is 0.243. The van der Waals surface area contributed by atoms with Gasteiger partial charge in [-0.25, -0.2) is 4.39 Å². The molecule has 0 atom stereocenters. The number of carbonyl (C=O) groups is 2. The first-order valence-corrected chi connectivity index (χ1v) is 9.28. The number of ether oxygens (including phenoxy) is 1. The van der Waals surface area contributed by atoms with Gasteiger partial charge >= 0.3 is 6.61 Å². The lowest BCUT2D eigenvalue weighted by atomic mass is 10.1. The topological polar surface area (TPSA) is 49.9 Å². The molecule has 0 N–H and O–H groups in total. The Kier molecular flexibility index (Phi) is 6.64. The van der Waals surface area contributed by atoms with E-state index in [-0.39, 0.29) is 54.8 Å². The molecule has 0 aromatic heterocycles. The van der Waals surface area contributed by atoms with Crippen molar-refractivity contribution in [2.75, 3.05) is 26.2 Å². The number of piperazine rings is 1. The average Bonchev–Trinajstić information content (AvgIpc) is 2.70. The molecule has 0 bridgehead atoms. The normalized spacial score (nSPS) is 14.2. The van der Waals surface area contributed by atoms with Crippen LogP contribution in [0.1, 0.15) is 15.9 Å². The highest BCUT2D eigenvalue weighted by Gasteiger charge is 2.27. The zero-order chi connectivity index (χ0) is 21.0. The van der Waals surface area contributed by atoms with Crippen molar-refractivity contribution in [3.8, 4) is 5.75 Å². The maximum absolute atomic E-state index is 13.9. The molecule has 0 unspecified atom stereocenters. The summed E-state index contributed by atoms with van der Waals surface area (Å²) < 4.78 is 43.4. The number of hydrogen-bond acceptors (Lipinski definition) is 3. The first-order valence-electron chi connectivity index (χ1n) is 8.90. The molecule has 9 heteroatoms. The quantitative estimate of drug-likeness (QED) is 0.734. The maximum Gasteiger partial charge on any atom is 0.387 e. The predicted octanol–water partition coefficient (Wildman–Crippen LogP) is 3.61. The third-order valence-electron chi connectivity index (χ3n) is 4.61. The molecule has 2 amide bonds. The highest BCUT2D eigenvalue weighted by molar-refractivity contribution is 6.31. The summed E-state index contributed by atoms with van der Waals surface area (Å²) in [4.78, 5) is 28.1. The lowest BCUT2D eigenvalue weighted by Crippen LogP contribution is -2.51. The Morgan fingerprint density at radius 3 is 2.38 bits per heavy atom. The largest absolute Gasteiger partial charge is 0.435 e. The summed E-state index contributed by atoms with van der Waals surface area (Å²) in [6.07, 6.45) is -0.0975. The van der Waals surface area contributed by atoms with E-state index in [9.17, 15) is 22.8 Å². The molecule has 2 aromatic carbocycles. The van der Waals surface area contributed by atoms with Gasteiger partial charge < -0.3 is 14.5 Å². The monoisotopic (exact) mass is 426 g/mol. The fourth-order valence-electron chi connectivity index (χ4n) is 3.13. The Balaban J connectivity index is 1.60. The third kappa shape index (κ3) is 5.20. The van der Waals surface area contributed by atoms with Crippen molar-refractivity contribution < 1.29 is 27.5 Å². The van der Waals surface area contributed by atoms with E-state index in [1.54, 1.807) is 18.2 Å². The smallest absolute Gasteiger partial charge is 0.387 e. The number of alkyl halides is 2. The summed E-state index contributed by atoms with van der Waals surface area (Å²) >= 11 is 5.84. The molecular weight excluding hydrogens is 409 g/mol. The number of carbonyl (C=O) groups excluding carboxylic acids is 2. The van der Waals surface area contributed by atoms with E-state index >= 15 is 0 Å².